The highest BCUT2D eigenvalue weighted by molar-refractivity contribution is 7.91. The number of aryl methyl sites for hydroxylation is 1. The molecule has 8 heteroatoms. The van der Waals surface area contributed by atoms with Crippen LogP contribution in [0, 0.1) is 6.92 Å². The van der Waals surface area contributed by atoms with Crippen LogP contribution in [-0.4, -0.2) is 41.1 Å². The highest BCUT2D eigenvalue weighted by atomic mass is 32.2. The van der Waals surface area contributed by atoms with E-state index in [1.807, 2.05) is 19.1 Å². The minimum Gasteiger partial charge on any atom is -0.337 e. The van der Waals surface area contributed by atoms with Gasteiger partial charge in [0, 0.05) is 12.2 Å². The first-order valence-corrected chi connectivity index (χ1v) is 8.54. The summed E-state index contributed by atoms with van der Waals surface area (Å²) in [5.74, 6) is 1.29. The lowest BCUT2D eigenvalue weighted by molar-refractivity contribution is 0.360. The Balaban J connectivity index is 1.65. The van der Waals surface area contributed by atoms with Crippen LogP contribution in [0.5, 0.6) is 0 Å². The second kappa shape index (κ2) is 5.53. The number of hydrogen-bond donors (Lipinski definition) is 1. The van der Waals surface area contributed by atoms with Crippen LogP contribution in [-0.2, 0) is 16.4 Å². The van der Waals surface area contributed by atoms with Gasteiger partial charge in [-0.2, -0.15) is 4.98 Å². The molecule has 21 heavy (non-hydrogen) atoms. The maximum absolute atomic E-state index is 11.4. The van der Waals surface area contributed by atoms with Gasteiger partial charge in [0.1, 0.15) is 5.69 Å². The molecule has 0 saturated carbocycles. The molecule has 0 amide bonds. The van der Waals surface area contributed by atoms with Crippen LogP contribution in [0.25, 0.3) is 11.5 Å². The molecule has 1 atom stereocenters. The van der Waals surface area contributed by atoms with Gasteiger partial charge in [-0.3, -0.25) is 4.98 Å². The van der Waals surface area contributed by atoms with Crippen LogP contribution in [0.2, 0.25) is 0 Å². The molecule has 0 aromatic carbocycles. The molecular formula is C13H16N4O3S. The monoisotopic (exact) mass is 308 g/mol. The molecule has 1 N–H and O–H groups in total. The summed E-state index contributed by atoms with van der Waals surface area (Å²) in [7, 11) is -2.88. The molecular weight excluding hydrogens is 292 g/mol. The average molecular weight is 308 g/mol. The Bertz CT molecular complexity index is 741. The predicted molar refractivity (Wildman–Crippen MR) is 76.2 cm³/mol. The maximum Gasteiger partial charge on any atom is 0.240 e. The van der Waals surface area contributed by atoms with Gasteiger partial charge in [0.2, 0.25) is 11.7 Å². The van der Waals surface area contributed by atoms with E-state index in [2.05, 4.69) is 20.4 Å². The van der Waals surface area contributed by atoms with Gasteiger partial charge in [-0.1, -0.05) is 11.2 Å². The number of nitrogens with zero attached hydrogens (tertiary/aromatic N) is 3. The van der Waals surface area contributed by atoms with Crippen LogP contribution >= 0.6 is 0 Å². The Hall–Kier alpha value is -1.80. The zero-order valence-electron chi connectivity index (χ0n) is 11.6. The van der Waals surface area contributed by atoms with Gasteiger partial charge in [-0.15, -0.1) is 0 Å². The molecule has 1 fully saturated rings. The molecule has 1 saturated heterocycles. The van der Waals surface area contributed by atoms with E-state index >= 15 is 0 Å². The van der Waals surface area contributed by atoms with E-state index in [1.54, 1.807) is 6.20 Å². The summed E-state index contributed by atoms with van der Waals surface area (Å²) >= 11 is 0. The van der Waals surface area contributed by atoms with Gasteiger partial charge in [-0.25, -0.2) is 8.42 Å². The normalized spacial score (nSPS) is 20.7. The van der Waals surface area contributed by atoms with Crippen LogP contribution in [0.1, 0.15) is 17.9 Å². The van der Waals surface area contributed by atoms with E-state index in [-0.39, 0.29) is 17.5 Å². The third-order valence-corrected chi connectivity index (χ3v) is 5.23. The van der Waals surface area contributed by atoms with E-state index in [1.165, 1.54) is 0 Å². The minimum atomic E-state index is -2.88. The third-order valence-electron chi connectivity index (χ3n) is 3.46. The molecule has 3 heterocycles. The molecule has 1 aliphatic heterocycles. The first kappa shape index (κ1) is 14.2. The van der Waals surface area contributed by atoms with Crippen molar-refractivity contribution in [1.82, 2.24) is 20.4 Å². The molecule has 0 radical (unpaired) electrons. The summed E-state index contributed by atoms with van der Waals surface area (Å²) in [6, 6.07) is 3.74. The number of aromatic nitrogens is 3. The molecule has 3 rings (SSSR count). The summed E-state index contributed by atoms with van der Waals surface area (Å²) in [6.07, 6.45) is 2.31. The highest BCUT2D eigenvalue weighted by Gasteiger charge is 2.27. The average Bonchev–Trinajstić information content (AvgIpc) is 3.03. The molecule has 2 aromatic rings. The lowest BCUT2D eigenvalue weighted by Gasteiger charge is -2.07. The van der Waals surface area contributed by atoms with Crippen molar-refractivity contribution >= 4 is 9.84 Å². The first-order valence-electron chi connectivity index (χ1n) is 6.72. The minimum absolute atomic E-state index is 0.0399. The van der Waals surface area contributed by atoms with E-state index in [0.717, 1.165) is 5.56 Å². The predicted octanol–water partition coefficient (Wildman–Crippen LogP) is 0.717. The molecule has 112 valence electrons. The molecule has 2 aromatic heterocycles. The standard InChI is InChI=1S/C13H16N4O3S/c1-9-3-2-5-14-12(9)13-16-11(20-17-13)7-15-10-4-6-21(18,19)8-10/h2-3,5,10,15H,4,6-8H2,1H3. The van der Waals surface area contributed by atoms with Crippen molar-refractivity contribution in [1.29, 1.82) is 0 Å². The molecule has 0 aliphatic carbocycles. The Labute approximate surface area is 122 Å². The largest absolute Gasteiger partial charge is 0.337 e. The Morgan fingerprint density at radius 1 is 1.48 bits per heavy atom. The van der Waals surface area contributed by atoms with Gasteiger partial charge >= 0.3 is 0 Å². The summed E-state index contributed by atoms with van der Waals surface area (Å²) in [5.41, 5.74) is 1.66. The Morgan fingerprint density at radius 2 is 2.33 bits per heavy atom. The summed E-state index contributed by atoms with van der Waals surface area (Å²) in [6.45, 7) is 2.29. The molecule has 1 unspecified atom stereocenters. The van der Waals surface area contributed by atoms with Crippen LogP contribution in [0.4, 0.5) is 0 Å². The van der Waals surface area contributed by atoms with Crippen molar-refractivity contribution < 1.29 is 12.9 Å². The van der Waals surface area contributed by atoms with Crippen molar-refractivity contribution in [3.63, 3.8) is 0 Å². The fourth-order valence-corrected chi connectivity index (χ4v) is 4.04. The lowest BCUT2D eigenvalue weighted by Crippen LogP contribution is -2.29. The zero-order valence-corrected chi connectivity index (χ0v) is 12.4. The van der Waals surface area contributed by atoms with Gasteiger partial charge in [0.25, 0.3) is 0 Å². The van der Waals surface area contributed by atoms with Gasteiger partial charge in [0.05, 0.1) is 18.1 Å². The second-order valence-electron chi connectivity index (χ2n) is 5.16. The van der Waals surface area contributed by atoms with Crippen molar-refractivity contribution in [2.45, 2.75) is 25.9 Å². The van der Waals surface area contributed by atoms with E-state index in [9.17, 15) is 8.42 Å². The highest BCUT2D eigenvalue weighted by Crippen LogP contribution is 2.17. The SMILES string of the molecule is Cc1cccnc1-c1noc(CNC2CCS(=O)(=O)C2)n1. The van der Waals surface area contributed by atoms with Gasteiger partial charge in [-0.05, 0) is 25.0 Å². The zero-order chi connectivity index (χ0) is 14.9. The van der Waals surface area contributed by atoms with Crippen molar-refractivity contribution in [3.05, 3.63) is 29.8 Å². The molecule has 1 aliphatic rings. The van der Waals surface area contributed by atoms with Crippen LogP contribution < -0.4 is 5.32 Å². The van der Waals surface area contributed by atoms with Crippen molar-refractivity contribution in [3.8, 4) is 11.5 Å². The molecule has 0 spiro atoms. The number of pyridine rings is 1. The molecule has 7 nitrogen and oxygen atoms in total. The summed E-state index contributed by atoms with van der Waals surface area (Å²) in [4.78, 5) is 8.52. The van der Waals surface area contributed by atoms with Crippen molar-refractivity contribution in [2.75, 3.05) is 11.5 Å². The Kier molecular flexibility index (Phi) is 3.73. The van der Waals surface area contributed by atoms with Crippen LogP contribution in [0.3, 0.4) is 0 Å². The Morgan fingerprint density at radius 3 is 3.05 bits per heavy atom. The maximum atomic E-state index is 11.4. The van der Waals surface area contributed by atoms with Crippen LogP contribution in [0.15, 0.2) is 22.9 Å². The number of sulfone groups is 1. The number of rotatable bonds is 4. The van der Waals surface area contributed by atoms with E-state index in [4.69, 9.17) is 4.52 Å². The summed E-state index contributed by atoms with van der Waals surface area (Å²) < 4.78 is 27.9. The second-order valence-corrected chi connectivity index (χ2v) is 7.39. The van der Waals surface area contributed by atoms with E-state index < -0.39 is 9.84 Å². The number of nitrogens with one attached hydrogen (secondary N) is 1. The fraction of sp³-hybridized carbons (Fsp3) is 0.462. The van der Waals surface area contributed by atoms with E-state index in [0.29, 0.717) is 30.4 Å². The molecule has 0 bridgehead atoms. The number of hydrogen-bond acceptors (Lipinski definition) is 7. The lowest BCUT2D eigenvalue weighted by atomic mass is 10.2. The topological polar surface area (TPSA) is 98.0 Å². The van der Waals surface area contributed by atoms with Gasteiger partial charge in [0.15, 0.2) is 9.84 Å². The summed E-state index contributed by atoms with van der Waals surface area (Å²) in [5, 5.41) is 7.05. The van der Waals surface area contributed by atoms with Gasteiger partial charge < -0.3 is 9.84 Å². The quantitative estimate of drug-likeness (QED) is 0.888. The third kappa shape index (κ3) is 3.27. The fourth-order valence-electron chi connectivity index (χ4n) is 2.33. The smallest absolute Gasteiger partial charge is 0.240 e. The van der Waals surface area contributed by atoms with Crippen molar-refractivity contribution in [2.24, 2.45) is 0 Å². The first-order chi connectivity index (χ1) is 10.0.